The van der Waals surface area contributed by atoms with E-state index in [-0.39, 0.29) is 23.9 Å². The first kappa shape index (κ1) is 17.0. The monoisotopic (exact) mass is 328 g/mol. The van der Waals surface area contributed by atoms with Gasteiger partial charge < -0.3 is 20.7 Å². The fourth-order valence-corrected chi connectivity index (χ4v) is 3.35. The third kappa shape index (κ3) is 2.66. The van der Waals surface area contributed by atoms with E-state index in [2.05, 4.69) is 4.98 Å². The first-order valence-corrected chi connectivity index (χ1v) is 7.59. The van der Waals surface area contributed by atoms with Gasteiger partial charge in [0.25, 0.3) is 0 Å². The van der Waals surface area contributed by atoms with Crippen molar-refractivity contribution in [3.05, 3.63) is 22.8 Å². The minimum atomic E-state index is -1.38. The molecular formula is C15H21ClN2O4. The summed E-state index contributed by atoms with van der Waals surface area (Å²) >= 11 is 5.84. The van der Waals surface area contributed by atoms with Gasteiger partial charge in [-0.15, -0.1) is 0 Å². The zero-order chi connectivity index (χ0) is 16.5. The highest BCUT2D eigenvalue weighted by atomic mass is 35.5. The molecule has 0 spiro atoms. The normalized spacial score (nSPS) is 31.8. The van der Waals surface area contributed by atoms with Crippen LogP contribution in [0.25, 0.3) is 0 Å². The maximum absolute atomic E-state index is 11.6. The van der Waals surface area contributed by atoms with Crippen molar-refractivity contribution in [2.24, 2.45) is 11.1 Å². The molecule has 3 atom stereocenters. The average molecular weight is 329 g/mol. The van der Waals surface area contributed by atoms with Crippen LogP contribution in [0.2, 0.25) is 5.15 Å². The summed E-state index contributed by atoms with van der Waals surface area (Å²) in [7, 11) is 1.44. The number of nitrogens with zero attached hydrogens (tertiary/aromatic N) is 1. The van der Waals surface area contributed by atoms with Gasteiger partial charge in [0.1, 0.15) is 10.8 Å². The lowest BCUT2D eigenvalue weighted by molar-refractivity contribution is -0.157. The number of pyridine rings is 1. The summed E-state index contributed by atoms with van der Waals surface area (Å²) in [5, 5.41) is 20.8. The highest BCUT2D eigenvalue weighted by molar-refractivity contribution is 6.29. The Labute approximate surface area is 134 Å². The number of hydrogen-bond donors (Lipinski definition) is 3. The van der Waals surface area contributed by atoms with E-state index in [1.165, 1.54) is 7.11 Å². The molecule has 4 N–H and O–H groups in total. The highest BCUT2D eigenvalue weighted by Gasteiger charge is 2.51. The van der Waals surface area contributed by atoms with E-state index in [0.29, 0.717) is 18.4 Å². The van der Waals surface area contributed by atoms with E-state index >= 15 is 0 Å². The third-order valence-electron chi connectivity index (χ3n) is 4.83. The van der Waals surface area contributed by atoms with Crippen LogP contribution in [-0.4, -0.2) is 34.3 Å². The van der Waals surface area contributed by atoms with Crippen molar-refractivity contribution in [3.8, 4) is 5.88 Å². The van der Waals surface area contributed by atoms with Crippen LogP contribution in [0.3, 0.4) is 0 Å². The number of aromatic nitrogens is 1. The molecule has 1 aliphatic rings. The summed E-state index contributed by atoms with van der Waals surface area (Å²) in [4.78, 5) is 15.6. The van der Waals surface area contributed by atoms with E-state index < -0.39 is 23.0 Å². The number of carbonyl (C=O) groups is 1. The number of nitrogens with two attached hydrogens (primary N) is 1. The summed E-state index contributed by atoms with van der Waals surface area (Å²) in [6, 6.07) is 2.46. The Bertz CT molecular complexity index is 583. The van der Waals surface area contributed by atoms with Crippen LogP contribution in [0.4, 0.5) is 0 Å². The summed E-state index contributed by atoms with van der Waals surface area (Å²) in [5.41, 5.74) is 4.34. The molecule has 2 rings (SSSR count). The van der Waals surface area contributed by atoms with E-state index in [1.807, 2.05) is 6.92 Å². The Morgan fingerprint density at radius 1 is 1.55 bits per heavy atom. The number of methoxy groups -OCH3 is 1. The molecule has 1 aromatic rings. The fraction of sp³-hybridized carbons (Fsp3) is 0.600. The summed E-state index contributed by atoms with van der Waals surface area (Å²) < 4.78 is 5.19. The number of ether oxygens (including phenoxy) is 1. The Kier molecular flexibility index (Phi) is 4.65. The van der Waals surface area contributed by atoms with Gasteiger partial charge in [-0.05, 0) is 37.8 Å². The zero-order valence-corrected chi connectivity index (χ0v) is 13.4. The molecule has 122 valence electrons. The maximum Gasteiger partial charge on any atom is 0.309 e. The predicted molar refractivity (Wildman–Crippen MR) is 81.9 cm³/mol. The molecule has 0 bridgehead atoms. The van der Waals surface area contributed by atoms with Gasteiger partial charge in [0.15, 0.2) is 0 Å². The zero-order valence-electron chi connectivity index (χ0n) is 12.7. The quantitative estimate of drug-likeness (QED) is 0.729. The SMILES string of the molecule is CCC1(C(=O)O)CCC(O)(c2ccc(Cl)nc2OC)C(N)C1. The lowest BCUT2D eigenvalue weighted by Crippen LogP contribution is -2.54. The molecule has 1 fully saturated rings. The lowest BCUT2D eigenvalue weighted by atomic mass is 9.63. The number of aliphatic hydroxyl groups is 1. The van der Waals surface area contributed by atoms with Gasteiger partial charge in [-0.2, -0.15) is 0 Å². The molecule has 0 radical (unpaired) electrons. The van der Waals surface area contributed by atoms with Crippen LogP contribution in [-0.2, 0) is 10.4 Å². The van der Waals surface area contributed by atoms with Gasteiger partial charge in [-0.1, -0.05) is 18.5 Å². The van der Waals surface area contributed by atoms with Crippen molar-refractivity contribution in [3.63, 3.8) is 0 Å². The van der Waals surface area contributed by atoms with Crippen molar-refractivity contribution in [1.29, 1.82) is 0 Å². The Morgan fingerprint density at radius 3 is 2.73 bits per heavy atom. The van der Waals surface area contributed by atoms with E-state index in [1.54, 1.807) is 12.1 Å². The van der Waals surface area contributed by atoms with Gasteiger partial charge >= 0.3 is 5.97 Å². The second-order valence-electron chi connectivity index (χ2n) is 5.86. The van der Waals surface area contributed by atoms with Gasteiger partial charge in [-0.3, -0.25) is 4.79 Å². The van der Waals surface area contributed by atoms with Crippen LogP contribution < -0.4 is 10.5 Å². The summed E-state index contributed by atoms with van der Waals surface area (Å²) in [6.45, 7) is 1.83. The third-order valence-corrected chi connectivity index (χ3v) is 5.04. The molecule has 0 aliphatic heterocycles. The standard InChI is InChI=1S/C15H21ClN2O4/c1-3-14(13(19)20)6-7-15(21,10(17)8-14)9-4-5-11(16)18-12(9)22-2/h4-5,10,21H,3,6-8,17H2,1-2H3,(H,19,20). The maximum atomic E-state index is 11.6. The Hall–Kier alpha value is -1.37. The van der Waals surface area contributed by atoms with Crippen molar-refractivity contribution < 1.29 is 19.7 Å². The largest absolute Gasteiger partial charge is 0.481 e. The minimum absolute atomic E-state index is 0.196. The van der Waals surface area contributed by atoms with Gasteiger partial charge in [-0.25, -0.2) is 4.98 Å². The second-order valence-corrected chi connectivity index (χ2v) is 6.25. The van der Waals surface area contributed by atoms with Crippen LogP contribution in [0.1, 0.15) is 38.2 Å². The van der Waals surface area contributed by atoms with E-state index in [4.69, 9.17) is 22.1 Å². The topological polar surface area (TPSA) is 106 Å². The molecule has 6 nitrogen and oxygen atoms in total. The number of hydrogen-bond acceptors (Lipinski definition) is 5. The minimum Gasteiger partial charge on any atom is -0.481 e. The number of carboxylic acid groups (broad SMARTS) is 1. The predicted octanol–water partition coefficient (Wildman–Crippen LogP) is 1.92. The molecule has 1 aromatic heterocycles. The average Bonchev–Trinajstić information content (AvgIpc) is 2.49. The Morgan fingerprint density at radius 2 is 2.23 bits per heavy atom. The van der Waals surface area contributed by atoms with Crippen LogP contribution in [0.15, 0.2) is 12.1 Å². The molecule has 0 saturated heterocycles. The number of aliphatic carboxylic acids is 1. The molecule has 0 amide bonds. The molecule has 1 heterocycles. The van der Waals surface area contributed by atoms with Crippen molar-refractivity contribution in [2.75, 3.05) is 7.11 Å². The van der Waals surface area contributed by atoms with Crippen LogP contribution in [0.5, 0.6) is 5.88 Å². The number of halogens is 1. The molecular weight excluding hydrogens is 308 g/mol. The lowest BCUT2D eigenvalue weighted by Gasteiger charge is -2.45. The fourth-order valence-electron chi connectivity index (χ4n) is 3.21. The number of rotatable bonds is 4. The van der Waals surface area contributed by atoms with E-state index in [0.717, 1.165) is 0 Å². The van der Waals surface area contributed by atoms with Gasteiger partial charge in [0.05, 0.1) is 12.5 Å². The number of carboxylic acids is 1. The summed E-state index contributed by atoms with van der Waals surface area (Å²) in [6.07, 6.45) is 1.24. The molecule has 1 aliphatic carbocycles. The van der Waals surface area contributed by atoms with Crippen LogP contribution >= 0.6 is 11.6 Å². The molecule has 0 aromatic carbocycles. The molecule has 7 heteroatoms. The van der Waals surface area contributed by atoms with Crippen molar-refractivity contribution in [2.45, 2.75) is 44.2 Å². The molecule has 22 heavy (non-hydrogen) atoms. The Balaban J connectivity index is 2.39. The van der Waals surface area contributed by atoms with E-state index in [9.17, 15) is 15.0 Å². The molecule has 1 saturated carbocycles. The van der Waals surface area contributed by atoms with Crippen molar-refractivity contribution in [1.82, 2.24) is 4.98 Å². The summed E-state index contributed by atoms with van der Waals surface area (Å²) in [5.74, 6) is -0.654. The molecule has 3 unspecified atom stereocenters. The second kappa shape index (κ2) is 6.02. The first-order chi connectivity index (χ1) is 10.3. The smallest absolute Gasteiger partial charge is 0.309 e. The van der Waals surface area contributed by atoms with Crippen LogP contribution in [0, 0.1) is 5.41 Å². The van der Waals surface area contributed by atoms with Crippen molar-refractivity contribution >= 4 is 17.6 Å². The van der Waals surface area contributed by atoms with Gasteiger partial charge in [0, 0.05) is 11.6 Å². The highest BCUT2D eigenvalue weighted by Crippen LogP contribution is 2.48. The first-order valence-electron chi connectivity index (χ1n) is 7.21. The van der Waals surface area contributed by atoms with Gasteiger partial charge in [0.2, 0.25) is 5.88 Å².